The lowest BCUT2D eigenvalue weighted by atomic mass is 10.0. The Morgan fingerprint density at radius 2 is 2.13 bits per heavy atom. The van der Waals surface area contributed by atoms with Crippen molar-refractivity contribution < 1.29 is 4.39 Å². The molecule has 0 heterocycles. The van der Waals surface area contributed by atoms with E-state index < -0.39 is 0 Å². The molecule has 1 aliphatic rings. The van der Waals surface area contributed by atoms with Gasteiger partial charge in [-0.3, -0.25) is 0 Å². The Morgan fingerprint density at radius 1 is 1.47 bits per heavy atom. The van der Waals surface area contributed by atoms with Crippen LogP contribution in [0, 0.1) is 11.7 Å². The van der Waals surface area contributed by atoms with Crippen LogP contribution in [-0.4, -0.2) is 0 Å². The summed E-state index contributed by atoms with van der Waals surface area (Å²) in [5.74, 6) is 0.395. The lowest BCUT2D eigenvalue weighted by Crippen LogP contribution is -2.13. The minimum absolute atomic E-state index is 0. The Kier molecular flexibility index (Phi) is 4.38. The SMILES string of the molecule is Cl.N[C@H](CC1CC1)c1c(F)cccc1Cl. The molecule has 15 heavy (non-hydrogen) atoms. The maximum atomic E-state index is 13.4. The average Bonchev–Trinajstić information content (AvgIpc) is 2.87. The third-order valence-corrected chi connectivity index (χ3v) is 2.98. The number of hydrogen-bond acceptors (Lipinski definition) is 1. The molecule has 0 saturated heterocycles. The van der Waals surface area contributed by atoms with Crippen molar-refractivity contribution in [2.75, 3.05) is 0 Å². The molecule has 0 aliphatic heterocycles. The first-order valence-corrected chi connectivity index (χ1v) is 5.25. The zero-order valence-electron chi connectivity index (χ0n) is 8.25. The third kappa shape index (κ3) is 3.07. The molecule has 1 fully saturated rings. The quantitative estimate of drug-likeness (QED) is 0.869. The van der Waals surface area contributed by atoms with Gasteiger partial charge in [-0.05, 0) is 24.5 Å². The second-order valence-electron chi connectivity index (χ2n) is 3.92. The first kappa shape index (κ1) is 12.8. The summed E-state index contributed by atoms with van der Waals surface area (Å²) in [6.07, 6.45) is 3.29. The van der Waals surface area contributed by atoms with Gasteiger partial charge in [0.15, 0.2) is 0 Å². The van der Waals surface area contributed by atoms with E-state index >= 15 is 0 Å². The number of nitrogens with two attached hydrogens (primary N) is 1. The molecular weight excluding hydrogens is 236 g/mol. The van der Waals surface area contributed by atoms with Crippen LogP contribution in [-0.2, 0) is 0 Å². The van der Waals surface area contributed by atoms with Crippen molar-refractivity contribution >= 4 is 24.0 Å². The predicted molar refractivity (Wildman–Crippen MR) is 62.9 cm³/mol. The van der Waals surface area contributed by atoms with E-state index in [0.717, 1.165) is 6.42 Å². The maximum Gasteiger partial charge on any atom is 0.129 e. The Hall–Kier alpha value is -0.310. The smallest absolute Gasteiger partial charge is 0.129 e. The zero-order valence-corrected chi connectivity index (χ0v) is 9.82. The molecule has 0 bridgehead atoms. The van der Waals surface area contributed by atoms with Crippen LogP contribution in [0.1, 0.15) is 30.9 Å². The van der Waals surface area contributed by atoms with Crippen LogP contribution in [0.4, 0.5) is 4.39 Å². The first-order chi connectivity index (χ1) is 6.68. The molecule has 2 N–H and O–H groups in total. The average molecular weight is 250 g/mol. The number of halogens is 3. The summed E-state index contributed by atoms with van der Waals surface area (Å²) in [7, 11) is 0. The molecule has 1 aromatic carbocycles. The number of hydrogen-bond donors (Lipinski definition) is 1. The highest BCUT2D eigenvalue weighted by molar-refractivity contribution is 6.31. The molecular formula is C11H14Cl2FN. The topological polar surface area (TPSA) is 26.0 Å². The largest absolute Gasteiger partial charge is 0.324 e. The van der Waals surface area contributed by atoms with Crippen molar-refractivity contribution in [1.82, 2.24) is 0 Å². The zero-order chi connectivity index (χ0) is 10.1. The van der Waals surface area contributed by atoms with Crippen LogP contribution in [0.15, 0.2) is 18.2 Å². The Labute approximate surface area is 100 Å². The van der Waals surface area contributed by atoms with Gasteiger partial charge < -0.3 is 5.73 Å². The lowest BCUT2D eigenvalue weighted by Gasteiger charge is -2.13. The molecule has 84 valence electrons. The summed E-state index contributed by atoms with van der Waals surface area (Å²) in [4.78, 5) is 0. The van der Waals surface area contributed by atoms with Gasteiger partial charge in [0.1, 0.15) is 5.82 Å². The summed E-state index contributed by atoms with van der Waals surface area (Å²) in [6, 6.07) is 4.45. The molecule has 1 nitrogen and oxygen atoms in total. The van der Waals surface area contributed by atoms with Crippen molar-refractivity contribution in [3.8, 4) is 0 Å². The van der Waals surface area contributed by atoms with Gasteiger partial charge in [0.2, 0.25) is 0 Å². The van der Waals surface area contributed by atoms with Crippen molar-refractivity contribution in [3.63, 3.8) is 0 Å². The summed E-state index contributed by atoms with van der Waals surface area (Å²) in [6.45, 7) is 0. The minimum atomic E-state index is -0.286. The second kappa shape index (κ2) is 5.15. The van der Waals surface area contributed by atoms with E-state index in [1.54, 1.807) is 12.1 Å². The minimum Gasteiger partial charge on any atom is -0.324 e. The van der Waals surface area contributed by atoms with E-state index in [4.69, 9.17) is 17.3 Å². The first-order valence-electron chi connectivity index (χ1n) is 4.88. The Morgan fingerprint density at radius 3 is 2.67 bits per heavy atom. The molecule has 2 rings (SSSR count). The van der Waals surface area contributed by atoms with Gasteiger partial charge in [0.25, 0.3) is 0 Å². The molecule has 1 aliphatic carbocycles. The van der Waals surface area contributed by atoms with Crippen LogP contribution < -0.4 is 5.73 Å². The van der Waals surface area contributed by atoms with Gasteiger partial charge in [0, 0.05) is 16.6 Å². The highest BCUT2D eigenvalue weighted by Crippen LogP contribution is 2.38. The standard InChI is InChI=1S/C11H13ClFN.ClH/c12-8-2-1-3-9(13)11(8)10(14)6-7-4-5-7;/h1-3,7,10H,4-6,14H2;1H/t10-;/m1./s1. The maximum absolute atomic E-state index is 13.4. The van der Waals surface area contributed by atoms with Crippen molar-refractivity contribution in [3.05, 3.63) is 34.6 Å². The highest BCUT2D eigenvalue weighted by Gasteiger charge is 2.26. The molecule has 0 aromatic heterocycles. The Bertz CT molecular complexity index is 319. The van der Waals surface area contributed by atoms with Gasteiger partial charge in [0.05, 0.1) is 0 Å². The predicted octanol–water partition coefficient (Wildman–Crippen LogP) is 3.70. The van der Waals surface area contributed by atoms with Crippen LogP contribution in [0.2, 0.25) is 5.02 Å². The van der Waals surface area contributed by atoms with Crippen molar-refractivity contribution in [2.45, 2.75) is 25.3 Å². The summed E-state index contributed by atoms with van der Waals surface area (Å²) < 4.78 is 13.4. The van der Waals surface area contributed by atoms with E-state index in [1.165, 1.54) is 18.9 Å². The van der Waals surface area contributed by atoms with Crippen molar-refractivity contribution in [2.24, 2.45) is 11.7 Å². The monoisotopic (exact) mass is 249 g/mol. The molecule has 1 aromatic rings. The van der Waals surface area contributed by atoms with E-state index in [0.29, 0.717) is 16.5 Å². The number of benzene rings is 1. The molecule has 0 radical (unpaired) electrons. The van der Waals surface area contributed by atoms with Gasteiger partial charge in [-0.25, -0.2) is 4.39 Å². The normalized spacial score (nSPS) is 17.0. The van der Waals surface area contributed by atoms with E-state index in [-0.39, 0.29) is 24.3 Å². The number of rotatable bonds is 3. The fraction of sp³-hybridized carbons (Fsp3) is 0.455. The molecule has 0 amide bonds. The van der Waals surface area contributed by atoms with Crippen LogP contribution in [0.5, 0.6) is 0 Å². The van der Waals surface area contributed by atoms with Crippen LogP contribution in [0.3, 0.4) is 0 Å². The van der Waals surface area contributed by atoms with E-state index in [9.17, 15) is 4.39 Å². The summed E-state index contributed by atoms with van der Waals surface area (Å²) >= 11 is 5.91. The van der Waals surface area contributed by atoms with Gasteiger partial charge >= 0.3 is 0 Å². The molecule has 1 atom stereocenters. The molecule has 0 spiro atoms. The highest BCUT2D eigenvalue weighted by atomic mass is 35.5. The van der Waals surface area contributed by atoms with Crippen LogP contribution >= 0.6 is 24.0 Å². The van der Waals surface area contributed by atoms with Crippen LogP contribution in [0.25, 0.3) is 0 Å². The molecule has 0 unspecified atom stereocenters. The van der Waals surface area contributed by atoms with E-state index in [2.05, 4.69) is 0 Å². The fourth-order valence-electron chi connectivity index (χ4n) is 1.70. The second-order valence-corrected chi connectivity index (χ2v) is 4.33. The Balaban J connectivity index is 0.00000112. The van der Waals surface area contributed by atoms with Crippen molar-refractivity contribution in [1.29, 1.82) is 0 Å². The molecule has 1 saturated carbocycles. The lowest BCUT2D eigenvalue weighted by molar-refractivity contribution is 0.543. The van der Waals surface area contributed by atoms with Gasteiger partial charge in [-0.1, -0.05) is 30.5 Å². The summed E-state index contributed by atoms with van der Waals surface area (Å²) in [5, 5.41) is 0.443. The molecule has 4 heteroatoms. The summed E-state index contributed by atoms with van der Waals surface area (Å²) in [5.41, 5.74) is 6.39. The fourth-order valence-corrected chi connectivity index (χ4v) is 2.00. The van der Waals surface area contributed by atoms with Gasteiger partial charge in [-0.15, -0.1) is 12.4 Å². The van der Waals surface area contributed by atoms with E-state index in [1.807, 2.05) is 0 Å². The third-order valence-electron chi connectivity index (χ3n) is 2.65. The van der Waals surface area contributed by atoms with Gasteiger partial charge in [-0.2, -0.15) is 0 Å².